The van der Waals surface area contributed by atoms with Crippen LogP contribution in [0.25, 0.3) is 5.76 Å². The van der Waals surface area contributed by atoms with Gasteiger partial charge in [-0.1, -0.05) is 24.8 Å². The van der Waals surface area contributed by atoms with Gasteiger partial charge in [0.25, 0.3) is 11.7 Å². The van der Waals surface area contributed by atoms with Gasteiger partial charge in [-0.05, 0) is 55.3 Å². The highest BCUT2D eigenvalue weighted by atomic mass is 16.5. The molecule has 2 saturated heterocycles. The van der Waals surface area contributed by atoms with Gasteiger partial charge in [-0.3, -0.25) is 14.5 Å². The van der Waals surface area contributed by atoms with Crippen molar-refractivity contribution in [1.82, 2.24) is 9.80 Å². The zero-order valence-corrected chi connectivity index (χ0v) is 21.2. The van der Waals surface area contributed by atoms with E-state index in [1.807, 2.05) is 31.2 Å². The minimum Gasteiger partial charge on any atom is -0.507 e. The second-order valence-corrected chi connectivity index (χ2v) is 8.93. The minimum atomic E-state index is -0.697. The summed E-state index contributed by atoms with van der Waals surface area (Å²) >= 11 is 0. The summed E-state index contributed by atoms with van der Waals surface area (Å²) in [4.78, 5) is 30.3. The van der Waals surface area contributed by atoms with E-state index in [9.17, 15) is 14.7 Å². The molecule has 8 nitrogen and oxygen atoms in total. The van der Waals surface area contributed by atoms with Crippen molar-refractivity contribution in [2.45, 2.75) is 19.4 Å². The molecule has 0 unspecified atom stereocenters. The molecule has 2 aliphatic rings. The summed E-state index contributed by atoms with van der Waals surface area (Å²) in [7, 11) is 0. The Morgan fingerprint density at radius 1 is 1.03 bits per heavy atom. The van der Waals surface area contributed by atoms with E-state index in [1.54, 1.807) is 35.2 Å². The summed E-state index contributed by atoms with van der Waals surface area (Å²) < 4.78 is 16.5. The predicted octanol–water partition coefficient (Wildman–Crippen LogP) is 3.79. The van der Waals surface area contributed by atoms with E-state index in [2.05, 4.69) is 11.5 Å². The van der Waals surface area contributed by atoms with Gasteiger partial charge < -0.3 is 24.2 Å². The molecule has 4 rings (SSSR count). The highest BCUT2D eigenvalue weighted by Gasteiger charge is 2.45. The van der Waals surface area contributed by atoms with E-state index < -0.39 is 17.7 Å². The van der Waals surface area contributed by atoms with Crippen LogP contribution in [0.15, 0.2) is 66.8 Å². The van der Waals surface area contributed by atoms with Crippen molar-refractivity contribution in [3.05, 3.63) is 77.9 Å². The maximum Gasteiger partial charge on any atom is 0.295 e. The Hall–Kier alpha value is -3.62. The van der Waals surface area contributed by atoms with Crippen LogP contribution in [-0.2, 0) is 14.3 Å². The number of amides is 1. The number of nitrogens with zero attached hydrogens (tertiary/aromatic N) is 2. The van der Waals surface area contributed by atoms with E-state index in [0.29, 0.717) is 56.5 Å². The van der Waals surface area contributed by atoms with Gasteiger partial charge in [0.15, 0.2) is 0 Å². The lowest BCUT2D eigenvalue weighted by atomic mass is 9.95. The molecule has 8 heteroatoms. The van der Waals surface area contributed by atoms with Crippen LogP contribution < -0.4 is 9.47 Å². The molecular formula is C29H34N2O6. The van der Waals surface area contributed by atoms with Crippen LogP contribution in [0.4, 0.5) is 0 Å². The van der Waals surface area contributed by atoms with E-state index in [1.165, 1.54) is 0 Å². The Morgan fingerprint density at radius 3 is 2.32 bits per heavy atom. The smallest absolute Gasteiger partial charge is 0.295 e. The zero-order valence-electron chi connectivity index (χ0n) is 21.2. The normalized spacial score (nSPS) is 19.7. The van der Waals surface area contributed by atoms with Gasteiger partial charge in [-0.25, -0.2) is 0 Å². The molecule has 1 N–H and O–H groups in total. The van der Waals surface area contributed by atoms with Crippen LogP contribution in [0.1, 0.15) is 30.5 Å². The Labute approximate surface area is 217 Å². The fourth-order valence-corrected chi connectivity index (χ4v) is 4.68. The third-order valence-corrected chi connectivity index (χ3v) is 6.52. The Kier molecular flexibility index (Phi) is 8.98. The summed E-state index contributed by atoms with van der Waals surface area (Å²) in [6, 6.07) is 13.4. The van der Waals surface area contributed by atoms with Crippen LogP contribution in [0.2, 0.25) is 0 Å². The first kappa shape index (κ1) is 26.4. The number of likely N-dealkylation sites (tertiary alicyclic amines) is 1. The third-order valence-electron chi connectivity index (χ3n) is 6.52. The number of aliphatic hydroxyl groups is 1. The van der Waals surface area contributed by atoms with Crippen molar-refractivity contribution < 1.29 is 28.9 Å². The lowest BCUT2D eigenvalue weighted by molar-refractivity contribution is -0.140. The number of ether oxygens (including phenoxy) is 3. The van der Waals surface area contributed by atoms with E-state index in [-0.39, 0.29) is 11.3 Å². The molecule has 0 aliphatic carbocycles. The van der Waals surface area contributed by atoms with Crippen molar-refractivity contribution in [3.63, 3.8) is 0 Å². The number of carbonyl (C=O) groups excluding carboxylic acids is 2. The van der Waals surface area contributed by atoms with Crippen LogP contribution in [-0.4, -0.2) is 79.2 Å². The van der Waals surface area contributed by atoms with Crippen molar-refractivity contribution in [2.24, 2.45) is 0 Å². The first-order chi connectivity index (χ1) is 18.0. The lowest BCUT2D eigenvalue weighted by Gasteiger charge is -2.29. The van der Waals surface area contributed by atoms with Gasteiger partial charge in [0.05, 0.1) is 31.4 Å². The van der Waals surface area contributed by atoms with Crippen LogP contribution >= 0.6 is 0 Å². The Balaban J connectivity index is 1.64. The third kappa shape index (κ3) is 6.21. The first-order valence-electron chi connectivity index (χ1n) is 12.7. The van der Waals surface area contributed by atoms with Crippen LogP contribution in [0, 0.1) is 0 Å². The summed E-state index contributed by atoms with van der Waals surface area (Å²) in [6.45, 7) is 10.7. The van der Waals surface area contributed by atoms with Crippen molar-refractivity contribution in [3.8, 4) is 11.5 Å². The maximum absolute atomic E-state index is 13.3. The minimum absolute atomic E-state index is 0.0836. The summed E-state index contributed by atoms with van der Waals surface area (Å²) in [5.41, 5.74) is 1.26. The molecule has 0 saturated carbocycles. The van der Waals surface area contributed by atoms with Gasteiger partial charge >= 0.3 is 0 Å². The number of ketones is 1. The largest absolute Gasteiger partial charge is 0.507 e. The van der Waals surface area contributed by atoms with E-state index >= 15 is 0 Å². The molecule has 0 bridgehead atoms. The number of morpholine rings is 1. The summed E-state index contributed by atoms with van der Waals surface area (Å²) in [5.74, 6) is -0.181. The van der Waals surface area contributed by atoms with E-state index in [0.717, 1.165) is 25.2 Å². The molecule has 0 aromatic heterocycles. The molecule has 2 aromatic rings. The molecule has 2 aromatic carbocycles. The molecule has 0 radical (unpaired) electrons. The molecular weight excluding hydrogens is 472 g/mol. The summed E-state index contributed by atoms with van der Waals surface area (Å²) in [5, 5.41) is 11.3. The number of rotatable bonds is 11. The quantitative estimate of drug-likeness (QED) is 0.215. The molecule has 2 heterocycles. The molecule has 2 aliphatic heterocycles. The highest BCUT2D eigenvalue weighted by molar-refractivity contribution is 6.46. The second-order valence-electron chi connectivity index (χ2n) is 8.93. The molecule has 0 spiro atoms. The topological polar surface area (TPSA) is 88.5 Å². The molecule has 37 heavy (non-hydrogen) atoms. The van der Waals surface area contributed by atoms with Crippen molar-refractivity contribution >= 4 is 17.4 Å². The average Bonchev–Trinajstić information content (AvgIpc) is 3.18. The fourth-order valence-electron chi connectivity index (χ4n) is 4.68. The standard InChI is InChI=1S/C29H34N2O6/c1-3-18-37-24-12-8-22(9-13-24)27(32)25-26(21-6-10-23(11-7-21)36-4-2)31(29(34)28(25)33)15-5-14-30-16-19-35-20-17-30/h3,6-13,26,32H,1,4-5,14-20H2,2H3/t26-/m1/s1. The van der Waals surface area contributed by atoms with Gasteiger partial charge in [-0.2, -0.15) is 0 Å². The van der Waals surface area contributed by atoms with Gasteiger partial charge in [0.1, 0.15) is 23.9 Å². The number of benzene rings is 2. The fraction of sp³-hybridized carbons (Fsp3) is 0.379. The van der Waals surface area contributed by atoms with E-state index in [4.69, 9.17) is 14.2 Å². The number of hydrogen-bond acceptors (Lipinski definition) is 7. The van der Waals surface area contributed by atoms with Gasteiger partial charge in [-0.15, -0.1) is 0 Å². The number of Topliss-reactive ketones (excluding diaryl/α,β-unsaturated/α-hetero) is 1. The Morgan fingerprint density at radius 2 is 1.68 bits per heavy atom. The highest BCUT2D eigenvalue weighted by Crippen LogP contribution is 2.40. The monoisotopic (exact) mass is 506 g/mol. The van der Waals surface area contributed by atoms with Crippen molar-refractivity contribution in [2.75, 3.05) is 52.6 Å². The Bertz CT molecular complexity index is 1120. The predicted molar refractivity (Wildman–Crippen MR) is 141 cm³/mol. The molecule has 1 atom stereocenters. The molecule has 1 amide bonds. The molecule has 196 valence electrons. The van der Waals surface area contributed by atoms with Gasteiger partial charge in [0.2, 0.25) is 0 Å². The maximum atomic E-state index is 13.3. The van der Waals surface area contributed by atoms with Crippen LogP contribution in [0.3, 0.4) is 0 Å². The number of carbonyl (C=O) groups is 2. The van der Waals surface area contributed by atoms with Gasteiger partial charge in [0, 0.05) is 31.7 Å². The van der Waals surface area contributed by atoms with Crippen molar-refractivity contribution in [1.29, 1.82) is 0 Å². The summed E-state index contributed by atoms with van der Waals surface area (Å²) in [6.07, 6.45) is 2.35. The zero-order chi connectivity index (χ0) is 26.2. The average molecular weight is 507 g/mol. The molecule has 2 fully saturated rings. The SMILES string of the molecule is C=CCOc1ccc(C(O)=C2C(=O)C(=O)N(CCCN3CCOCC3)[C@@H]2c2ccc(OCC)cc2)cc1. The number of aliphatic hydroxyl groups excluding tert-OH is 1. The lowest BCUT2D eigenvalue weighted by Crippen LogP contribution is -2.38. The van der Waals surface area contributed by atoms with Crippen LogP contribution in [0.5, 0.6) is 11.5 Å². The number of hydrogen-bond donors (Lipinski definition) is 1. The first-order valence-corrected chi connectivity index (χ1v) is 12.7. The second kappa shape index (κ2) is 12.6.